The van der Waals surface area contributed by atoms with Gasteiger partial charge in [-0.05, 0) is 37.6 Å². The van der Waals surface area contributed by atoms with Gasteiger partial charge in [-0.3, -0.25) is 4.79 Å². The van der Waals surface area contributed by atoms with E-state index in [9.17, 15) is 9.59 Å². The summed E-state index contributed by atoms with van der Waals surface area (Å²) < 4.78 is 0. The van der Waals surface area contributed by atoms with E-state index in [1.54, 1.807) is 6.07 Å². The number of nitrogens with one attached hydrogen (secondary N) is 2. The zero-order valence-corrected chi connectivity index (χ0v) is 11.0. The number of carbonyl (C=O) groups is 2. The van der Waals surface area contributed by atoms with Gasteiger partial charge < -0.3 is 15.7 Å². The molecule has 3 N–H and O–H groups in total. The van der Waals surface area contributed by atoms with Crippen LogP contribution in [0.2, 0.25) is 5.02 Å². The summed E-state index contributed by atoms with van der Waals surface area (Å²) in [6, 6.07) is 4.39. The van der Waals surface area contributed by atoms with Crippen LogP contribution in [0.3, 0.4) is 0 Å². The Morgan fingerprint density at radius 3 is 2.79 bits per heavy atom. The van der Waals surface area contributed by atoms with Gasteiger partial charge >= 0.3 is 5.97 Å². The number of anilines is 1. The maximum absolute atomic E-state index is 12.0. The van der Waals surface area contributed by atoms with Gasteiger partial charge in [-0.2, -0.15) is 0 Å². The Balaban J connectivity index is 2.04. The van der Waals surface area contributed by atoms with Gasteiger partial charge in [0.15, 0.2) is 0 Å². The maximum atomic E-state index is 12.0. The average molecular weight is 283 g/mol. The highest BCUT2D eigenvalue weighted by Crippen LogP contribution is 2.22. The number of carboxylic acids is 1. The van der Waals surface area contributed by atoms with Crippen LogP contribution in [0.4, 0.5) is 5.69 Å². The number of halogens is 1. The molecule has 1 amide bonds. The summed E-state index contributed by atoms with van der Waals surface area (Å²) in [5, 5.41) is 14.9. The Hall–Kier alpha value is -1.59. The lowest BCUT2D eigenvalue weighted by Crippen LogP contribution is -2.37. The molecule has 102 valence electrons. The van der Waals surface area contributed by atoms with Gasteiger partial charge in [0.2, 0.25) is 5.91 Å². The summed E-state index contributed by atoms with van der Waals surface area (Å²) in [6.45, 7) is 1.62. The third-order valence-electron chi connectivity index (χ3n) is 3.13. The third kappa shape index (κ3) is 3.45. The molecule has 1 aromatic rings. The molecule has 0 saturated carbocycles. The first-order chi connectivity index (χ1) is 9.08. The van der Waals surface area contributed by atoms with Gasteiger partial charge in [-0.1, -0.05) is 11.6 Å². The Morgan fingerprint density at radius 2 is 2.21 bits per heavy atom. The molecule has 0 bridgehead atoms. The summed E-state index contributed by atoms with van der Waals surface area (Å²) in [6.07, 6.45) is 1.84. The number of piperidine rings is 1. The van der Waals surface area contributed by atoms with Crippen molar-refractivity contribution >= 4 is 29.2 Å². The molecule has 1 heterocycles. The molecule has 0 aliphatic carbocycles. The topological polar surface area (TPSA) is 78.4 Å². The molecule has 0 radical (unpaired) electrons. The predicted octanol–water partition coefficient (Wildman–Crippen LogP) is 1.98. The number of rotatable bonds is 3. The van der Waals surface area contributed by atoms with Crippen LogP contribution in [0.25, 0.3) is 0 Å². The van der Waals surface area contributed by atoms with Gasteiger partial charge in [0.25, 0.3) is 0 Å². The maximum Gasteiger partial charge on any atom is 0.337 e. The first kappa shape index (κ1) is 13.8. The van der Waals surface area contributed by atoms with Crippen LogP contribution in [0.5, 0.6) is 0 Å². The van der Waals surface area contributed by atoms with Crippen molar-refractivity contribution in [1.82, 2.24) is 5.32 Å². The normalized spacial score (nSPS) is 18.9. The van der Waals surface area contributed by atoms with Crippen molar-refractivity contribution in [3.8, 4) is 0 Å². The fraction of sp³-hybridized carbons (Fsp3) is 0.385. The van der Waals surface area contributed by atoms with Crippen LogP contribution in [0, 0.1) is 5.92 Å². The fourth-order valence-corrected chi connectivity index (χ4v) is 2.35. The summed E-state index contributed by atoms with van der Waals surface area (Å²) >= 11 is 5.85. The Morgan fingerprint density at radius 1 is 1.42 bits per heavy atom. The van der Waals surface area contributed by atoms with Crippen molar-refractivity contribution in [3.05, 3.63) is 28.8 Å². The van der Waals surface area contributed by atoms with Crippen molar-refractivity contribution in [2.75, 3.05) is 18.4 Å². The lowest BCUT2D eigenvalue weighted by molar-refractivity contribution is -0.120. The zero-order valence-electron chi connectivity index (χ0n) is 10.3. The van der Waals surface area contributed by atoms with E-state index < -0.39 is 5.97 Å². The largest absolute Gasteiger partial charge is 0.478 e. The summed E-state index contributed by atoms with van der Waals surface area (Å²) in [5.41, 5.74) is 0.546. The molecule has 1 aliphatic heterocycles. The minimum absolute atomic E-state index is 0.0269. The SMILES string of the molecule is O=C(O)c1ccc(NC(=O)C2CCCNC2)cc1Cl. The highest BCUT2D eigenvalue weighted by Gasteiger charge is 2.21. The van der Waals surface area contributed by atoms with Crippen molar-refractivity contribution in [3.63, 3.8) is 0 Å². The van der Waals surface area contributed by atoms with Crippen LogP contribution in [0.15, 0.2) is 18.2 Å². The molecule has 1 fully saturated rings. The molecule has 1 saturated heterocycles. The minimum Gasteiger partial charge on any atom is -0.478 e. The van der Waals surface area contributed by atoms with Crippen LogP contribution in [0.1, 0.15) is 23.2 Å². The number of benzene rings is 1. The molecule has 1 unspecified atom stereocenters. The first-order valence-corrected chi connectivity index (χ1v) is 6.50. The molecule has 1 aromatic carbocycles. The van der Waals surface area contributed by atoms with Gasteiger partial charge in [-0.15, -0.1) is 0 Å². The van der Waals surface area contributed by atoms with Gasteiger partial charge in [0.05, 0.1) is 16.5 Å². The number of hydrogen-bond donors (Lipinski definition) is 3. The van der Waals surface area contributed by atoms with E-state index >= 15 is 0 Å². The van der Waals surface area contributed by atoms with Crippen LogP contribution < -0.4 is 10.6 Å². The van der Waals surface area contributed by atoms with Gasteiger partial charge in [0.1, 0.15) is 0 Å². The number of carbonyl (C=O) groups excluding carboxylic acids is 1. The summed E-state index contributed by atoms with van der Waals surface area (Å²) in [5.74, 6) is -1.20. The Kier molecular flexibility index (Phi) is 4.39. The van der Waals surface area contributed by atoms with E-state index in [1.807, 2.05) is 0 Å². The molecule has 5 nitrogen and oxygen atoms in total. The fourth-order valence-electron chi connectivity index (χ4n) is 2.09. The second-order valence-corrected chi connectivity index (χ2v) is 4.94. The van der Waals surface area contributed by atoms with E-state index in [0.29, 0.717) is 12.2 Å². The lowest BCUT2D eigenvalue weighted by Gasteiger charge is -2.21. The van der Waals surface area contributed by atoms with E-state index in [-0.39, 0.29) is 22.4 Å². The van der Waals surface area contributed by atoms with Crippen molar-refractivity contribution in [2.45, 2.75) is 12.8 Å². The third-order valence-corrected chi connectivity index (χ3v) is 3.45. The smallest absolute Gasteiger partial charge is 0.337 e. The minimum atomic E-state index is -1.08. The van der Waals surface area contributed by atoms with Gasteiger partial charge in [-0.25, -0.2) is 4.79 Å². The first-order valence-electron chi connectivity index (χ1n) is 6.12. The van der Waals surface area contributed by atoms with Crippen molar-refractivity contribution in [2.24, 2.45) is 5.92 Å². The lowest BCUT2D eigenvalue weighted by atomic mass is 9.99. The molecular formula is C13H15ClN2O3. The molecule has 19 heavy (non-hydrogen) atoms. The monoisotopic (exact) mass is 282 g/mol. The average Bonchev–Trinajstić information content (AvgIpc) is 2.39. The summed E-state index contributed by atoms with van der Waals surface area (Å²) in [4.78, 5) is 22.8. The molecule has 1 aliphatic rings. The van der Waals surface area contributed by atoms with Crippen LogP contribution in [-0.2, 0) is 4.79 Å². The zero-order chi connectivity index (χ0) is 13.8. The molecule has 2 rings (SSSR count). The van der Waals surface area contributed by atoms with Crippen LogP contribution in [-0.4, -0.2) is 30.1 Å². The highest BCUT2D eigenvalue weighted by molar-refractivity contribution is 6.33. The molecule has 6 heteroatoms. The quantitative estimate of drug-likeness (QED) is 0.792. The van der Waals surface area contributed by atoms with E-state index in [2.05, 4.69) is 10.6 Å². The van der Waals surface area contributed by atoms with E-state index in [0.717, 1.165) is 19.4 Å². The van der Waals surface area contributed by atoms with Gasteiger partial charge in [0, 0.05) is 12.2 Å². The van der Waals surface area contributed by atoms with Crippen LogP contribution >= 0.6 is 11.6 Å². The molecule has 1 atom stereocenters. The van der Waals surface area contributed by atoms with E-state index in [1.165, 1.54) is 12.1 Å². The number of amides is 1. The molecule has 0 aromatic heterocycles. The predicted molar refractivity (Wildman–Crippen MR) is 72.6 cm³/mol. The molecular weight excluding hydrogens is 268 g/mol. The Labute approximate surface area is 116 Å². The van der Waals surface area contributed by atoms with E-state index in [4.69, 9.17) is 16.7 Å². The second-order valence-electron chi connectivity index (χ2n) is 4.53. The number of aromatic carboxylic acids is 1. The number of carboxylic acid groups (broad SMARTS) is 1. The molecule has 0 spiro atoms. The second kappa shape index (κ2) is 6.04. The summed E-state index contributed by atoms with van der Waals surface area (Å²) in [7, 11) is 0. The van der Waals surface area contributed by atoms with Crippen molar-refractivity contribution in [1.29, 1.82) is 0 Å². The highest BCUT2D eigenvalue weighted by atomic mass is 35.5. The standard InChI is InChI=1S/C13H15ClN2O3/c14-11-6-9(3-4-10(11)13(18)19)16-12(17)8-2-1-5-15-7-8/h3-4,6,8,15H,1-2,5,7H2,(H,16,17)(H,18,19). The Bertz CT molecular complexity index is 499. The van der Waals surface area contributed by atoms with Crippen molar-refractivity contribution < 1.29 is 14.7 Å². The number of hydrogen-bond acceptors (Lipinski definition) is 3.